The molecule has 0 saturated carbocycles. The molecule has 3 aromatic rings. The average molecular weight is 281 g/mol. The van der Waals surface area contributed by atoms with E-state index in [9.17, 15) is 4.79 Å². The minimum atomic E-state index is 0.120. The Bertz CT molecular complexity index is 811. The smallest absolute Gasteiger partial charge is 0.221 e. The van der Waals surface area contributed by atoms with Gasteiger partial charge < -0.3 is 9.30 Å². The molecule has 0 saturated heterocycles. The number of nitrogens with zero attached hydrogens (tertiary/aromatic N) is 1. The lowest BCUT2D eigenvalue weighted by molar-refractivity contribution is 0.104. The van der Waals surface area contributed by atoms with Crippen LogP contribution in [-0.4, -0.2) is 17.5 Å². The van der Waals surface area contributed by atoms with E-state index in [1.807, 2.05) is 47.2 Å². The molecule has 0 N–H and O–H groups in total. The summed E-state index contributed by atoms with van der Waals surface area (Å²) in [5, 5.41) is 0. The molecule has 1 aromatic carbocycles. The Labute approximate surface area is 120 Å². The number of ketones is 1. The molecule has 1 aliphatic heterocycles. The molecule has 0 aliphatic carbocycles. The molecule has 4 rings (SSSR count). The van der Waals surface area contributed by atoms with Gasteiger partial charge in [0, 0.05) is 11.1 Å². The lowest BCUT2D eigenvalue weighted by Gasteiger charge is -2.01. The van der Waals surface area contributed by atoms with E-state index in [1.54, 1.807) is 18.4 Å². The van der Waals surface area contributed by atoms with Gasteiger partial charge in [0.05, 0.1) is 18.5 Å². The SMILES string of the molecule is COc1ccc(-c2cc3c(s2)C(=O)c2cccn2-3)cc1. The number of ether oxygens (including phenoxy) is 1. The second-order valence-electron chi connectivity index (χ2n) is 4.65. The van der Waals surface area contributed by atoms with Crippen molar-refractivity contribution >= 4 is 17.1 Å². The first kappa shape index (κ1) is 11.5. The summed E-state index contributed by atoms with van der Waals surface area (Å²) in [7, 11) is 1.65. The van der Waals surface area contributed by atoms with Gasteiger partial charge in [-0.25, -0.2) is 0 Å². The Hall–Kier alpha value is -2.33. The summed E-state index contributed by atoms with van der Waals surface area (Å²) in [6.07, 6.45) is 1.93. The van der Waals surface area contributed by atoms with E-state index in [0.717, 1.165) is 32.4 Å². The number of hydrogen-bond acceptors (Lipinski definition) is 3. The highest BCUT2D eigenvalue weighted by atomic mass is 32.1. The quantitative estimate of drug-likeness (QED) is 0.560. The van der Waals surface area contributed by atoms with E-state index in [4.69, 9.17) is 4.74 Å². The molecular formula is C16H11NO2S. The topological polar surface area (TPSA) is 31.2 Å². The van der Waals surface area contributed by atoms with E-state index in [0.29, 0.717) is 0 Å². The first-order chi connectivity index (χ1) is 9.78. The highest BCUT2D eigenvalue weighted by Crippen LogP contribution is 2.39. The van der Waals surface area contributed by atoms with Crippen molar-refractivity contribution in [2.45, 2.75) is 0 Å². The minimum absolute atomic E-state index is 0.120. The standard InChI is InChI=1S/C16H11NO2S/c1-19-11-6-4-10(5-7-11)14-9-13-16(20-14)15(18)12-3-2-8-17(12)13/h2-9H,1H3. The summed E-state index contributed by atoms with van der Waals surface area (Å²) in [5.41, 5.74) is 2.85. The predicted octanol–water partition coefficient (Wildman–Crippen LogP) is 3.76. The van der Waals surface area contributed by atoms with E-state index in [-0.39, 0.29) is 5.78 Å². The maximum Gasteiger partial charge on any atom is 0.221 e. The molecule has 3 nitrogen and oxygen atoms in total. The Morgan fingerprint density at radius 2 is 1.95 bits per heavy atom. The molecule has 1 aliphatic rings. The molecule has 2 aromatic heterocycles. The van der Waals surface area contributed by atoms with Gasteiger partial charge in [0.15, 0.2) is 0 Å². The minimum Gasteiger partial charge on any atom is -0.497 e. The number of aromatic nitrogens is 1. The van der Waals surface area contributed by atoms with Crippen LogP contribution in [0.25, 0.3) is 16.1 Å². The number of carbonyl (C=O) groups excluding carboxylic acids is 1. The van der Waals surface area contributed by atoms with E-state index in [2.05, 4.69) is 6.07 Å². The van der Waals surface area contributed by atoms with Gasteiger partial charge in [0.2, 0.25) is 5.78 Å². The third kappa shape index (κ3) is 1.48. The molecule has 0 unspecified atom stereocenters. The number of fused-ring (bicyclic) bond motifs is 3. The zero-order chi connectivity index (χ0) is 13.7. The lowest BCUT2D eigenvalue weighted by atomic mass is 10.2. The summed E-state index contributed by atoms with van der Waals surface area (Å²) in [6.45, 7) is 0. The molecule has 0 atom stereocenters. The van der Waals surface area contributed by atoms with Gasteiger partial charge in [-0.3, -0.25) is 4.79 Å². The Morgan fingerprint density at radius 3 is 2.70 bits per heavy atom. The van der Waals surface area contributed by atoms with Crippen molar-refractivity contribution < 1.29 is 9.53 Å². The first-order valence-corrected chi connectivity index (χ1v) is 7.10. The van der Waals surface area contributed by atoms with Crippen LogP contribution in [0.4, 0.5) is 0 Å². The molecule has 0 radical (unpaired) electrons. The number of benzene rings is 1. The number of hydrogen-bond donors (Lipinski definition) is 0. The lowest BCUT2D eigenvalue weighted by Crippen LogP contribution is -1.93. The second kappa shape index (κ2) is 4.08. The Morgan fingerprint density at radius 1 is 1.15 bits per heavy atom. The molecule has 20 heavy (non-hydrogen) atoms. The van der Waals surface area contributed by atoms with Gasteiger partial charge in [0.25, 0.3) is 0 Å². The van der Waals surface area contributed by atoms with Crippen LogP contribution in [0.1, 0.15) is 15.4 Å². The van der Waals surface area contributed by atoms with Gasteiger partial charge in [-0.1, -0.05) is 0 Å². The van der Waals surface area contributed by atoms with Crippen LogP contribution in [0.2, 0.25) is 0 Å². The number of rotatable bonds is 2. The summed E-state index contributed by atoms with van der Waals surface area (Å²) in [4.78, 5) is 14.2. The van der Waals surface area contributed by atoms with Crippen molar-refractivity contribution in [1.82, 2.24) is 4.57 Å². The van der Waals surface area contributed by atoms with Gasteiger partial charge in [-0.05, 0) is 48.0 Å². The van der Waals surface area contributed by atoms with E-state index in [1.165, 1.54) is 0 Å². The molecule has 0 bridgehead atoms. The molecule has 3 heterocycles. The monoisotopic (exact) mass is 281 g/mol. The highest BCUT2D eigenvalue weighted by molar-refractivity contribution is 7.18. The van der Waals surface area contributed by atoms with Crippen molar-refractivity contribution in [2.75, 3.05) is 7.11 Å². The van der Waals surface area contributed by atoms with Gasteiger partial charge in [-0.15, -0.1) is 11.3 Å². The van der Waals surface area contributed by atoms with E-state index < -0.39 is 0 Å². The van der Waals surface area contributed by atoms with Gasteiger partial charge in [0.1, 0.15) is 10.6 Å². The van der Waals surface area contributed by atoms with Crippen molar-refractivity contribution in [3.05, 3.63) is 59.2 Å². The summed E-state index contributed by atoms with van der Waals surface area (Å²) >= 11 is 1.55. The first-order valence-electron chi connectivity index (χ1n) is 6.28. The fourth-order valence-corrected chi connectivity index (χ4v) is 3.62. The Balaban J connectivity index is 1.82. The van der Waals surface area contributed by atoms with Crippen LogP contribution < -0.4 is 4.74 Å². The normalized spacial score (nSPS) is 12.3. The van der Waals surface area contributed by atoms with Crippen LogP contribution >= 0.6 is 11.3 Å². The molecule has 98 valence electrons. The highest BCUT2D eigenvalue weighted by Gasteiger charge is 2.29. The molecule has 0 fully saturated rings. The van der Waals surface area contributed by atoms with Crippen LogP contribution in [0, 0.1) is 0 Å². The van der Waals surface area contributed by atoms with Crippen LogP contribution in [-0.2, 0) is 0 Å². The predicted molar refractivity (Wildman–Crippen MR) is 79.1 cm³/mol. The molecular weight excluding hydrogens is 270 g/mol. The summed E-state index contributed by atoms with van der Waals surface area (Å²) in [6, 6.07) is 13.7. The summed E-state index contributed by atoms with van der Waals surface area (Å²) < 4.78 is 7.12. The average Bonchev–Trinajstić information content (AvgIpc) is 3.16. The summed E-state index contributed by atoms with van der Waals surface area (Å²) in [5.74, 6) is 0.955. The number of thiophene rings is 1. The molecule has 4 heteroatoms. The van der Waals surface area contributed by atoms with Crippen molar-refractivity contribution in [1.29, 1.82) is 0 Å². The number of methoxy groups -OCH3 is 1. The molecule has 0 spiro atoms. The van der Waals surface area contributed by atoms with Crippen molar-refractivity contribution in [3.63, 3.8) is 0 Å². The van der Waals surface area contributed by atoms with E-state index >= 15 is 0 Å². The Kier molecular flexibility index (Phi) is 2.35. The van der Waals surface area contributed by atoms with Crippen LogP contribution in [0.3, 0.4) is 0 Å². The molecule has 0 amide bonds. The fraction of sp³-hybridized carbons (Fsp3) is 0.0625. The zero-order valence-corrected chi connectivity index (χ0v) is 11.6. The van der Waals surface area contributed by atoms with Gasteiger partial charge >= 0.3 is 0 Å². The van der Waals surface area contributed by atoms with Crippen molar-refractivity contribution in [2.24, 2.45) is 0 Å². The fourth-order valence-electron chi connectivity index (χ4n) is 2.51. The zero-order valence-electron chi connectivity index (χ0n) is 10.8. The third-order valence-corrected chi connectivity index (χ3v) is 4.71. The van der Waals surface area contributed by atoms with Crippen LogP contribution in [0.5, 0.6) is 5.75 Å². The van der Waals surface area contributed by atoms with Gasteiger partial charge in [-0.2, -0.15) is 0 Å². The maximum absolute atomic E-state index is 12.3. The van der Waals surface area contributed by atoms with Crippen molar-refractivity contribution in [3.8, 4) is 21.9 Å². The number of carbonyl (C=O) groups is 1. The van der Waals surface area contributed by atoms with Crippen LogP contribution in [0.15, 0.2) is 48.7 Å². The maximum atomic E-state index is 12.3. The largest absolute Gasteiger partial charge is 0.497 e. The second-order valence-corrected chi connectivity index (χ2v) is 5.70. The third-order valence-electron chi connectivity index (χ3n) is 3.53.